The molecule has 0 bridgehead atoms. The number of aryl methyl sites for hydroxylation is 1. The van der Waals surface area contributed by atoms with Crippen molar-refractivity contribution in [3.63, 3.8) is 0 Å². The molecule has 1 atom stereocenters. The van der Waals surface area contributed by atoms with Crippen LogP contribution in [-0.2, 0) is 19.4 Å². The zero-order chi connectivity index (χ0) is 19.2. The van der Waals surface area contributed by atoms with E-state index in [2.05, 4.69) is 72.0 Å². The summed E-state index contributed by atoms with van der Waals surface area (Å²) in [5, 5.41) is 3.27. The first-order valence-corrected chi connectivity index (χ1v) is 10.4. The molecule has 0 heterocycles. The number of halogens is 1. The summed E-state index contributed by atoms with van der Waals surface area (Å²) in [7, 11) is 2.04. The van der Waals surface area contributed by atoms with Crippen LogP contribution in [-0.4, -0.2) is 13.6 Å². The first kappa shape index (κ1) is 21.4. The summed E-state index contributed by atoms with van der Waals surface area (Å²) in [5.41, 5.74) is 6.66. The lowest BCUT2D eigenvalue weighted by atomic mass is 9.82. The van der Waals surface area contributed by atoms with Crippen LogP contribution in [0.2, 0.25) is 0 Å². The molecule has 0 aromatic heterocycles. The fraction of sp³-hybridized carbons (Fsp3) is 0.308. The van der Waals surface area contributed by atoms with E-state index in [1.807, 2.05) is 13.1 Å². The van der Waals surface area contributed by atoms with Crippen molar-refractivity contribution < 1.29 is 4.74 Å². The number of ether oxygens (including phenoxy) is 1. The monoisotopic (exact) mass is 407 g/mol. The van der Waals surface area contributed by atoms with Crippen LogP contribution >= 0.6 is 12.4 Å². The van der Waals surface area contributed by atoms with Gasteiger partial charge in [0.05, 0.1) is 0 Å². The predicted octanol–water partition coefficient (Wildman–Crippen LogP) is 6.07. The minimum absolute atomic E-state index is 0. The fourth-order valence-electron chi connectivity index (χ4n) is 4.08. The number of benzene rings is 3. The standard InChI is InChI=1S/C26H29NO.ClH/c1-27-16-15-20-7-12-25-18-26(14-13-24(25)17-20)28-19-21-8-10-23(11-9-21)22-5-3-2-4-6-22;/h2-6,8-11,13-14,18,20,27H,7,12,15-17,19H2,1H3;1H. The van der Waals surface area contributed by atoms with Crippen molar-refractivity contribution in [1.82, 2.24) is 5.32 Å². The predicted molar refractivity (Wildman–Crippen MR) is 124 cm³/mol. The van der Waals surface area contributed by atoms with Crippen molar-refractivity contribution in [2.24, 2.45) is 5.92 Å². The van der Waals surface area contributed by atoms with E-state index >= 15 is 0 Å². The lowest BCUT2D eigenvalue weighted by Gasteiger charge is -2.25. The molecule has 0 saturated heterocycles. The first-order chi connectivity index (χ1) is 13.8. The van der Waals surface area contributed by atoms with E-state index in [0.29, 0.717) is 6.61 Å². The molecule has 1 unspecified atom stereocenters. The Bertz CT molecular complexity index is 892. The molecule has 152 valence electrons. The van der Waals surface area contributed by atoms with Crippen molar-refractivity contribution in [2.45, 2.75) is 32.3 Å². The normalized spacial score (nSPS) is 15.3. The molecule has 0 saturated carbocycles. The van der Waals surface area contributed by atoms with E-state index in [0.717, 1.165) is 18.2 Å². The van der Waals surface area contributed by atoms with Crippen molar-refractivity contribution >= 4 is 12.4 Å². The molecule has 2 nitrogen and oxygen atoms in total. The van der Waals surface area contributed by atoms with Gasteiger partial charge < -0.3 is 10.1 Å². The molecule has 29 heavy (non-hydrogen) atoms. The molecule has 0 fully saturated rings. The van der Waals surface area contributed by atoms with Gasteiger partial charge >= 0.3 is 0 Å². The molecule has 3 aromatic rings. The molecule has 0 aliphatic heterocycles. The van der Waals surface area contributed by atoms with Gasteiger partial charge in [-0.1, -0.05) is 60.7 Å². The van der Waals surface area contributed by atoms with E-state index in [-0.39, 0.29) is 12.4 Å². The minimum Gasteiger partial charge on any atom is -0.489 e. The molecular weight excluding hydrogens is 378 g/mol. The third-order valence-corrected chi connectivity index (χ3v) is 5.78. The number of rotatable bonds is 7. The van der Waals surface area contributed by atoms with E-state index in [1.54, 1.807) is 0 Å². The quantitative estimate of drug-likeness (QED) is 0.513. The van der Waals surface area contributed by atoms with Crippen LogP contribution in [0.3, 0.4) is 0 Å². The third kappa shape index (κ3) is 5.62. The number of nitrogens with one attached hydrogen (secondary N) is 1. The summed E-state index contributed by atoms with van der Waals surface area (Å²) >= 11 is 0. The maximum atomic E-state index is 6.09. The average molecular weight is 408 g/mol. The maximum Gasteiger partial charge on any atom is 0.120 e. The Balaban J connectivity index is 0.00000240. The molecule has 0 spiro atoms. The molecule has 0 radical (unpaired) electrons. The molecule has 1 aliphatic carbocycles. The molecule has 3 heteroatoms. The van der Waals surface area contributed by atoms with E-state index in [4.69, 9.17) is 4.74 Å². The zero-order valence-corrected chi connectivity index (χ0v) is 17.9. The Morgan fingerprint density at radius 2 is 1.66 bits per heavy atom. The molecule has 1 aliphatic rings. The van der Waals surface area contributed by atoms with Gasteiger partial charge in [-0.2, -0.15) is 0 Å². The van der Waals surface area contributed by atoms with Gasteiger partial charge in [0.1, 0.15) is 12.4 Å². The molecule has 4 rings (SSSR count). The summed E-state index contributed by atoms with van der Waals surface area (Å²) in [6, 6.07) is 25.8. The average Bonchev–Trinajstić information content (AvgIpc) is 2.77. The van der Waals surface area contributed by atoms with Gasteiger partial charge in [-0.3, -0.25) is 0 Å². The Labute approximate surface area is 180 Å². The van der Waals surface area contributed by atoms with Gasteiger partial charge in [0.2, 0.25) is 0 Å². The SMILES string of the molecule is CNCCC1CCc2cc(OCc3ccc(-c4ccccc4)cc3)ccc2C1.Cl. The van der Waals surface area contributed by atoms with Crippen molar-refractivity contribution in [3.05, 3.63) is 89.5 Å². The first-order valence-electron chi connectivity index (χ1n) is 10.4. The Morgan fingerprint density at radius 3 is 2.41 bits per heavy atom. The van der Waals surface area contributed by atoms with Crippen LogP contribution < -0.4 is 10.1 Å². The maximum absolute atomic E-state index is 6.09. The van der Waals surface area contributed by atoms with Crippen LogP contribution in [0, 0.1) is 5.92 Å². The molecule has 1 N–H and O–H groups in total. The summed E-state index contributed by atoms with van der Waals surface area (Å²) in [5.74, 6) is 1.80. The second-order valence-electron chi connectivity index (χ2n) is 7.78. The van der Waals surface area contributed by atoms with Gasteiger partial charge in [0, 0.05) is 0 Å². The van der Waals surface area contributed by atoms with Crippen molar-refractivity contribution in [2.75, 3.05) is 13.6 Å². The summed E-state index contributed by atoms with van der Waals surface area (Å²) < 4.78 is 6.09. The van der Waals surface area contributed by atoms with Crippen LogP contribution in [0.5, 0.6) is 5.75 Å². The van der Waals surface area contributed by atoms with Crippen LogP contribution in [0.4, 0.5) is 0 Å². The summed E-state index contributed by atoms with van der Waals surface area (Å²) in [6.07, 6.45) is 4.94. The van der Waals surface area contributed by atoms with Gasteiger partial charge in [-0.25, -0.2) is 0 Å². The highest BCUT2D eigenvalue weighted by Crippen LogP contribution is 2.30. The van der Waals surface area contributed by atoms with Crippen molar-refractivity contribution in [1.29, 1.82) is 0 Å². The zero-order valence-electron chi connectivity index (χ0n) is 17.1. The lowest BCUT2D eigenvalue weighted by molar-refractivity contribution is 0.305. The number of fused-ring (bicyclic) bond motifs is 1. The number of hydrogen-bond donors (Lipinski definition) is 1. The Morgan fingerprint density at radius 1 is 0.897 bits per heavy atom. The summed E-state index contributed by atoms with van der Waals surface area (Å²) in [6.45, 7) is 1.73. The Kier molecular flexibility index (Phi) is 7.74. The number of hydrogen-bond acceptors (Lipinski definition) is 2. The van der Waals surface area contributed by atoms with Crippen LogP contribution in [0.1, 0.15) is 29.5 Å². The highest BCUT2D eigenvalue weighted by atomic mass is 35.5. The fourth-order valence-corrected chi connectivity index (χ4v) is 4.08. The van der Waals surface area contributed by atoms with Gasteiger partial charge in [-0.15, -0.1) is 12.4 Å². The second kappa shape index (κ2) is 10.5. The smallest absolute Gasteiger partial charge is 0.120 e. The third-order valence-electron chi connectivity index (χ3n) is 5.78. The van der Waals surface area contributed by atoms with Gasteiger partial charge in [0.25, 0.3) is 0 Å². The van der Waals surface area contributed by atoms with Gasteiger partial charge in [-0.05, 0) is 85.1 Å². The lowest BCUT2D eigenvalue weighted by Crippen LogP contribution is -2.19. The second-order valence-corrected chi connectivity index (χ2v) is 7.78. The largest absolute Gasteiger partial charge is 0.489 e. The molecule has 0 amide bonds. The molecule has 3 aromatic carbocycles. The van der Waals surface area contributed by atoms with Gasteiger partial charge in [0.15, 0.2) is 0 Å². The van der Waals surface area contributed by atoms with E-state index in [1.165, 1.54) is 53.5 Å². The van der Waals surface area contributed by atoms with Crippen molar-refractivity contribution in [3.8, 4) is 16.9 Å². The van der Waals surface area contributed by atoms with Crippen LogP contribution in [0.25, 0.3) is 11.1 Å². The molecular formula is C26H30ClNO. The highest BCUT2D eigenvalue weighted by Gasteiger charge is 2.18. The van der Waals surface area contributed by atoms with E-state index < -0.39 is 0 Å². The van der Waals surface area contributed by atoms with E-state index in [9.17, 15) is 0 Å². The highest BCUT2D eigenvalue weighted by molar-refractivity contribution is 5.85. The topological polar surface area (TPSA) is 21.3 Å². The Hall–Kier alpha value is -2.29. The van der Waals surface area contributed by atoms with Crippen LogP contribution in [0.15, 0.2) is 72.8 Å². The summed E-state index contributed by atoms with van der Waals surface area (Å²) in [4.78, 5) is 0. The minimum atomic E-state index is 0.